The second-order valence-corrected chi connectivity index (χ2v) is 5.37. The van der Waals surface area contributed by atoms with Crippen molar-refractivity contribution in [3.63, 3.8) is 0 Å². The van der Waals surface area contributed by atoms with Gasteiger partial charge in [0.05, 0.1) is 5.56 Å². The van der Waals surface area contributed by atoms with Gasteiger partial charge >= 0.3 is 5.97 Å². The maximum atomic E-state index is 11.8. The van der Waals surface area contributed by atoms with Gasteiger partial charge in [-0.25, -0.2) is 4.79 Å². The minimum Gasteiger partial charge on any atom is -0.451 e. The minimum absolute atomic E-state index is 0.338. The molecule has 2 aromatic carbocycles. The van der Waals surface area contributed by atoms with Crippen LogP contribution in [0.25, 0.3) is 0 Å². The maximum Gasteiger partial charge on any atom is 0.339 e. The SMILES string of the molecule is O=C1O[C@@H]([C@@H](O)c2ccc(Cl)cc2Cl)c2ccccc21. The summed E-state index contributed by atoms with van der Waals surface area (Å²) >= 11 is 11.9. The van der Waals surface area contributed by atoms with Gasteiger partial charge in [-0.15, -0.1) is 0 Å². The molecule has 0 fully saturated rings. The van der Waals surface area contributed by atoms with Crippen LogP contribution in [0.4, 0.5) is 0 Å². The van der Waals surface area contributed by atoms with Crippen LogP contribution in [-0.4, -0.2) is 11.1 Å². The highest BCUT2D eigenvalue weighted by Crippen LogP contribution is 2.41. The normalized spacial score (nSPS) is 18.6. The molecule has 0 saturated carbocycles. The molecule has 1 aliphatic rings. The van der Waals surface area contributed by atoms with E-state index in [0.29, 0.717) is 26.7 Å². The lowest BCUT2D eigenvalue weighted by atomic mass is 9.97. The Labute approximate surface area is 125 Å². The van der Waals surface area contributed by atoms with Gasteiger partial charge in [-0.1, -0.05) is 47.5 Å². The van der Waals surface area contributed by atoms with Crippen molar-refractivity contribution in [2.24, 2.45) is 0 Å². The van der Waals surface area contributed by atoms with E-state index in [1.54, 1.807) is 42.5 Å². The molecular formula is C15H10Cl2O3. The molecule has 0 aromatic heterocycles. The Morgan fingerprint density at radius 3 is 2.65 bits per heavy atom. The number of cyclic esters (lactones) is 1. The van der Waals surface area contributed by atoms with Crippen LogP contribution in [0.5, 0.6) is 0 Å². The molecule has 102 valence electrons. The Kier molecular flexibility index (Phi) is 3.42. The monoisotopic (exact) mass is 308 g/mol. The van der Waals surface area contributed by atoms with Crippen LogP contribution >= 0.6 is 23.2 Å². The van der Waals surface area contributed by atoms with E-state index in [9.17, 15) is 9.90 Å². The summed E-state index contributed by atoms with van der Waals surface area (Å²) in [5.74, 6) is -0.435. The summed E-state index contributed by atoms with van der Waals surface area (Å²) in [4.78, 5) is 11.8. The van der Waals surface area contributed by atoms with Gasteiger partial charge in [-0.2, -0.15) is 0 Å². The molecular weight excluding hydrogens is 299 g/mol. The molecule has 2 atom stereocenters. The van der Waals surface area contributed by atoms with E-state index >= 15 is 0 Å². The molecule has 0 unspecified atom stereocenters. The molecule has 0 radical (unpaired) electrons. The van der Waals surface area contributed by atoms with E-state index in [1.165, 1.54) is 0 Å². The highest BCUT2D eigenvalue weighted by atomic mass is 35.5. The number of rotatable bonds is 2. The number of fused-ring (bicyclic) bond motifs is 1. The standard InChI is InChI=1S/C15H10Cl2O3/c16-8-5-6-11(12(17)7-8)13(18)14-9-3-1-2-4-10(9)15(19)20-14/h1-7,13-14,18H/t13-,14+/m0/s1. The molecule has 3 rings (SSSR count). The van der Waals surface area contributed by atoms with Crippen molar-refractivity contribution in [3.05, 3.63) is 69.2 Å². The summed E-state index contributed by atoms with van der Waals surface area (Å²) in [6.07, 6.45) is -1.79. The van der Waals surface area contributed by atoms with E-state index in [0.717, 1.165) is 0 Å². The number of ether oxygens (including phenoxy) is 1. The van der Waals surface area contributed by atoms with Crippen LogP contribution in [0.15, 0.2) is 42.5 Å². The van der Waals surface area contributed by atoms with Crippen molar-refractivity contribution >= 4 is 29.2 Å². The molecule has 0 saturated heterocycles. The fraction of sp³-hybridized carbons (Fsp3) is 0.133. The fourth-order valence-corrected chi connectivity index (χ4v) is 2.83. The smallest absolute Gasteiger partial charge is 0.339 e. The van der Waals surface area contributed by atoms with Crippen molar-refractivity contribution in [1.29, 1.82) is 0 Å². The number of hydrogen-bond donors (Lipinski definition) is 1. The highest BCUT2D eigenvalue weighted by molar-refractivity contribution is 6.35. The molecule has 0 amide bonds. The summed E-state index contributed by atoms with van der Waals surface area (Å²) in [7, 11) is 0. The zero-order valence-corrected chi connectivity index (χ0v) is 11.7. The lowest BCUT2D eigenvalue weighted by Gasteiger charge is -2.19. The predicted molar refractivity (Wildman–Crippen MR) is 76.0 cm³/mol. The molecule has 1 heterocycles. The van der Waals surface area contributed by atoms with Gasteiger partial charge in [0.15, 0.2) is 6.10 Å². The summed E-state index contributed by atoms with van der Waals surface area (Å²) in [5.41, 5.74) is 1.61. The second kappa shape index (κ2) is 5.09. The zero-order chi connectivity index (χ0) is 14.3. The van der Waals surface area contributed by atoms with Gasteiger partial charge in [-0.3, -0.25) is 0 Å². The number of hydrogen-bond acceptors (Lipinski definition) is 3. The van der Waals surface area contributed by atoms with Crippen LogP contribution in [-0.2, 0) is 4.74 Å². The fourth-order valence-electron chi connectivity index (χ4n) is 2.31. The molecule has 0 aliphatic carbocycles. The minimum atomic E-state index is -1.03. The molecule has 0 spiro atoms. The number of benzene rings is 2. The number of aliphatic hydroxyl groups excluding tert-OH is 1. The first-order chi connectivity index (χ1) is 9.58. The van der Waals surface area contributed by atoms with E-state index in [-0.39, 0.29) is 0 Å². The molecule has 0 bridgehead atoms. The lowest BCUT2D eigenvalue weighted by molar-refractivity contribution is -0.0102. The topological polar surface area (TPSA) is 46.5 Å². The first-order valence-corrected chi connectivity index (χ1v) is 6.76. The summed E-state index contributed by atoms with van der Waals surface area (Å²) in [6, 6.07) is 11.8. The van der Waals surface area contributed by atoms with E-state index < -0.39 is 18.2 Å². The Bertz CT molecular complexity index is 685. The Morgan fingerprint density at radius 1 is 1.15 bits per heavy atom. The molecule has 1 aliphatic heterocycles. The van der Waals surface area contributed by atoms with Gasteiger partial charge in [0.25, 0.3) is 0 Å². The quantitative estimate of drug-likeness (QED) is 0.855. The van der Waals surface area contributed by atoms with Crippen LogP contribution in [0.3, 0.4) is 0 Å². The summed E-state index contributed by atoms with van der Waals surface area (Å²) in [5, 5.41) is 11.3. The van der Waals surface area contributed by atoms with E-state index in [2.05, 4.69) is 0 Å². The summed E-state index contributed by atoms with van der Waals surface area (Å²) in [6.45, 7) is 0. The molecule has 2 aromatic rings. The van der Waals surface area contributed by atoms with Gasteiger partial charge in [0.1, 0.15) is 6.10 Å². The highest BCUT2D eigenvalue weighted by Gasteiger charge is 2.36. The summed E-state index contributed by atoms with van der Waals surface area (Å²) < 4.78 is 5.25. The number of halogens is 2. The van der Waals surface area contributed by atoms with Crippen molar-refractivity contribution in [2.75, 3.05) is 0 Å². The Hall–Kier alpha value is -1.55. The third-order valence-corrected chi connectivity index (χ3v) is 3.85. The molecule has 3 nitrogen and oxygen atoms in total. The van der Waals surface area contributed by atoms with Crippen molar-refractivity contribution < 1.29 is 14.6 Å². The lowest BCUT2D eigenvalue weighted by Crippen LogP contribution is -2.11. The molecule has 1 N–H and O–H groups in total. The first kappa shape index (κ1) is 13.4. The average molecular weight is 309 g/mol. The maximum absolute atomic E-state index is 11.8. The third-order valence-electron chi connectivity index (χ3n) is 3.29. The Morgan fingerprint density at radius 2 is 1.90 bits per heavy atom. The molecule has 5 heteroatoms. The zero-order valence-electron chi connectivity index (χ0n) is 10.2. The van der Waals surface area contributed by atoms with Crippen LogP contribution in [0, 0.1) is 0 Å². The largest absolute Gasteiger partial charge is 0.451 e. The Balaban J connectivity index is 2.00. The van der Waals surface area contributed by atoms with Crippen molar-refractivity contribution in [2.45, 2.75) is 12.2 Å². The van der Waals surface area contributed by atoms with Crippen LogP contribution < -0.4 is 0 Å². The molecule has 20 heavy (non-hydrogen) atoms. The van der Waals surface area contributed by atoms with E-state index in [1.807, 2.05) is 0 Å². The van der Waals surface area contributed by atoms with Gasteiger partial charge < -0.3 is 9.84 Å². The number of aliphatic hydroxyl groups is 1. The van der Waals surface area contributed by atoms with Crippen LogP contribution in [0.2, 0.25) is 10.0 Å². The average Bonchev–Trinajstić information content (AvgIpc) is 2.76. The van der Waals surface area contributed by atoms with Gasteiger partial charge in [-0.05, 0) is 18.2 Å². The second-order valence-electron chi connectivity index (χ2n) is 4.52. The number of esters is 1. The van der Waals surface area contributed by atoms with E-state index in [4.69, 9.17) is 27.9 Å². The van der Waals surface area contributed by atoms with Gasteiger partial charge in [0, 0.05) is 21.2 Å². The predicted octanol–water partition coefficient (Wildman–Crippen LogP) is 3.94. The first-order valence-electron chi connectivity index (χ1n) is 6.01. The van der Waals surface area contributed by atoms with Crippen molar-refractivity contribution in [1.82, 2.24) is 0 Å². The van der Waals surface area contributed by atoms with Crippen molar-refractivity contribution in [3.8, 4) is 0 Å². The van der Waals surface area contributed by atoms with Gasteiger partial charge in [0.2, 0.25) is 0 Å². The number of carbonyl (C=O) groups is 1. The van der Waals surface area contributed by atoms with Crippen LogP contribution in [0.1, 0.15) is 33.7 Å². The number of carbonyl (C=O) groups excluding carboxylic acids is 1. The third kappa shape index (κ3) is 2.18.